The molecule has 2 heteroatoms. The Morgan fingerprint density at radius 2 is 1.95 bits per heavy atom. The molecule has 3 N–H and O–H groups in total. The van der Waals surface area contributed by atoms with Gasteiger partial charge in [0, 0.05) is 6.04 Å². The Morgan fingerprint density at radius 1 is 1.15 bits per heavy atom. The first-order valence-electron chi connectivity index (χ1n) is 8.41. The van der Waals surface area contributed by atoms with Gasteiger partial charge in [0.15, 0.2) is 0 Å². The fourth-order valence-electron chi connectivity index (χ4n) is 4.43. The highest BCUT2D eigenvalue weighted by Gasteiger charge is 2.31. The summed E-state index contributed by atoms with van der Waals surface area (Å²) in [6.07, 6.45) is 10.6. The van der Waals surface area contributed by atoms with Gasteiger partial charge >= 0.3 is 0 Å². The average molecular weight is 272 g/mol. The zero-order valence-electron chi connectivity index (χ0n) is 12.7. The molecule has 0 heterocycles. The van der Waals surface area contributed by atoms with Crippen molar-refractivity contribution in [2.45, 2.75) is 64.3 Å². The summed E-state index contributed by atoms with van der Waals surface area (Å²) in [6, 6.07) is 7.42. The Balaban J connectivity index is 1.85. The minimum absolute atomic E-state index is 0.339. The van der Waals surface area contributed by atoms with E-state index in [9.17, 15) is 0 Å². The van der Waals surface area contributed by atoms with Crippen molar-refractivity contribution in [1.82, 2.24) is 5.43 Å². The minimum atomic E-state index is 0.339. The number of rotatable bonds is 4. The predicted octanol–water partition coefficient (Wildman–Crippen LogP) is 3.90. The number of hydrazine groups is 1. The number of hydrogen-bond donors (Lipinski definition) is 2. The van der Waals surface area contributed by atoms with E-state index in [1.807, 2.05) is 0 Å². The average Bonchev–Trinajstić information content (AvgIpc) is 2.96. The van der Waals surface area contributed by atoms with Crippen LogP contribution in [0.4, 0.5) is 0 Å². The van der Waals surface area contributed by atoms with Gasteiger partial charge in [0.25, 0.3) is 0 Å². The summed E-state index contributed by atoms with van der Waals surface area (Å²) in [5.74, 6) is 7.49. The van der Waals surface area contributed by atoms with Crippen molar-refractivity contribution in [2.75, 3.05) is 0 Å². The lowest BCUT2D eigenvalue weighted by atomic mass is 9.72. The Kier molecular flexibility index (Phi) is 4.42. The molecule has 0 spiro atoms. The van der Waals surface area contributed by atoms with Crippen molar-refractivity contribution in [3.63, 3.8) is 0 Å². The smallest absolute Gasteiger partial charge is 0.0490 e. The van der Waals surface area contributed by atoms with Crippen molar-refractivity contribution in [1.29, 1.82) is 0 Å². The van der Waals surface area contributed by atoms with Crippen LogP contribution in [0.2, 0.25) is 0 Å². The van der Waals surface area contributed by atoms with E-state index in [1.165, 1.54) is 56.9 Å². The minimum Gasteiger partial charge on any atom is -0.271 e. The molecule has 0 radical (unpaired) electrons. The van der Waals surface area contributed by atoms with Crippen LogP contribution in [-0.4, -0.2) is 0 Å². The van der Waals surface area contributed by atoms with Crippen LogP contribution in [-0.2, 0) is 12.8 Å². The molecule has 0 amide bonds. The van der Waals surface area contributed by atoms with Gasteiger partial charge in [0.05, 0.1) is 0 Å². The van der Waals surface area contributed by atoms with E-state index in [-0.39, 0.29) is 0 Å². The lowest BCUT2D eigenvalue weighted by Crippen LogP contribution is -2.38. The fraction of sp³-hybridized carbons (Fsp3) is 0.667. The highest BCUT2D eigenvalue weighted by Crippen LogP contribution is 2.40. The molecule has 1 aromatic rings. The number of nitrogens with one attached hydrogen (secondary N) is 1. The highest BCUT2D eigenvalue weighted by molar-refractivity contribution is 5.36. The second kappa shape index (κ2) is 6.28. The lowest BCUT2D eigenvalue weighted by Gasteiger charge is -2.37. The van der Waals surface area contributed by atoms with Crippen molar-refractivity contribution in [3.8, 4) is 0 Å². The van der Waals surface area contributed by atoms with E-state index in [1.54, 1.807) is 11.1 Å². The molecule has 2 nitrogen and oxygen atoms in total. The fourth-order valence-corrected chi connectivity index (χ4v) is 4.43. The van der Waals surface area contributed by atoms with Crippen molar-refractivity contribution >= 4 is 0 Å². The molecule has 1 saturated carbocycles. The monoisotopic (exact) mass is 272 g/mol. The quantitative estimate of drug-likeness (QED) is 0.644. The van der Waals surface area contributed by atoms with Gasteiger partial charge < -0.3 is 0 Å². The van der Waals surface area contributed by atoms with Crippen molar-refractivity contribution < 1.29 is 0 Å². The Labute approximate surface area is 123 Å². The SMILES string of the molecule is CCC1CCCCC1C(NN)c1ccc2c(c1)CCC2. The standard InChI is InChI=1S/C18H28N2/c1-2-13-6-3-4-9-17(13)18(20-19)16-11-10-14-7-5-8-15(14)12-16/h10-13,17-18,20H,2-9,19H2,1H3. The van der Waals surface area contributed by atoms with Crippen LogP contribution >= 0.6 is 0 Å². The van der Waals surface area contributed by atoms with Gasteiger partial charge in [-0.1, -0.05) is 50.8 Å². The van der Waals surface area contributed by atoms with Crippen LogP contribution in [0.15, 0.2) is 18.2 Å². The summed E-state index contributed by atoms with van der Waals surface area (Å²) in [6.45, 7) is 2.33. The molecule has 0 aromatic heterocycles. The molecule has 20 heavy (non-hydrogen) atoms. The molecule has 2 aliphatic rings. The third kappa shape index (κ3) is 2.64. The molecular formula is C18H28N2. The van der Waals surface area contributed by atoms with Crippen LogP contribution in [0.1, 0.15) is 68.2 Å². The van der Waals surface area contributed by atoms with Gasteiger partial charge in [-0.2, -0.15) is 0 Å². The molecule has 0 aliphatic heterocycles. The zero-order valence-corrected chi connectivity index (χ0v) is 12.7. The Morgan fingerprint density at radius 3 is 2.75 bits per heavy atom. The molecule has 0 saturated heterocycles. The van der Waals surface area contributed by atoms with Crippen LogP contribution < -0.4 is 11.3 Å². The van der Waals surface area contributed by atoms with E-state index < -0.39 is 0 Å². The summed E-state index contributed by atoms with van der Waals surface area (Å²) in [5.41, 5.74) is 7.68. The van der Waals surface area contributed by atoms with E-state index in [2.05, 4.69) is 30.5 Å². The molecule has 1 aromatic carbocycles. The molecule has 3 rings (SSSR count). The third-order valence-electron chi connectivity index (χ3n) is 5.58. The van der Waals surface area contributed by atoms with E-state index >= 15 is 0 Å². The summed E-state index contributed by atoms with van der Waals surface area (Å²) in [5, 5.41) is 0. The van der Waals surface area contributed by atoms with Crippen molar-refractivity contribution in [3.05, 3.63) is 34.9 Å². The lowest BCUT2D eigenvalue weighted by molar-refractivity contribution is 0.176. The molecule has 3 unspecified atom stereocenters. The number of aryl methyl sites for hydroxylation is 2. The first-order valence-corrected chi connectivity index (χ1v) is 8.41. The maximum atomic E-state index is 5.95. The van der Waals surface area contributed by atoms with Crippen LogP contribution in [0.3, 0.4) is 0 Å². The van der Waals surface area contributed by atoms with E-state index in [0.717, 1.165) is 5.92 Å². The van der Waals surface area contributed by atoms with Gasteiger partial charge in [0.2, 0.25) is 0 Å². The summed E-state index contributed by atoms with van der Waals surface area (Å²) in [4.78, 5) is 0. The van der Waals surface area contributed by atoms with E-state index in [0.29, 0.717) is 12.0 Å². The second-order valence-corrected chi connectivity index (χ2v) is 6.64. The molecule has 1 fully saturated rings. The number of fused-ring (bicyclic) bond motifs is 1. The van der Waals surface area contributed by atoms with E-state index in [4.69, 9.17) is 5.84 Å². The second-order valence-electron chi connectivity index (χ2n) is 6.64. The molecular weight excluding hydrogens is 244 g/mol. The normalized spacial score (nSPS) is 27.3. The van der Waals surface area contributed by atoms with Gasteiger partial charge in [-0.15, -0.1) is 0 Å². The largest absolute Gasteiger partial charge is 0.271 e. The summed E-state index contributed by atoms with van der Waals surface area (Å²) >= 11 is 0. The van der Waals surface area contributed by atoms with Crippen LogP contribution in [0.5, 0.6) is 0 Å². The Hall–Kier alpha value is -0.860. The molecule has 2 aliphatic carbocycles. The van der Waals surface area contributed by atoms with Crippen molar-refractivity contribution in [2.24, 2.45) is 17.7 Å². The highest BCUT2D eigenvalue weighted by atomic mass is 15.2. The first-order chi connectivity index (χ1) is 9.83. The Bertz CT molecular complexity index is 455. The topological polar surface area (TPSA) is 38.0 Å². The molecule has 0 bridgehead atoms. The first kappa shape index (κ1) is 14.1. The number of benzene rings is 1. The van der Waals surface area contributed by atoms with Crippen LogP contribution in [0, 0.1) is 11.8 Å². The molecule has 110 valence electrons. The maximum Gasteiger partial charge on any atom is 0.0490 e. The summed E-state index contributed by atoms with van der Waals surface area (Å²) in [7, 11) is 0. The number of hydrogen-bond acceptors (Lipinski definition) is 2. The van der Waals surface area contributed by atoms with Crippen LogP contribution in [0.25, 0.3) is 0 Å². The predicted molar refractivity (Wildman–Crippen MR) is 84.3 cm³/mol. The molecule has 3 atom stereocenters. The third-order valence-corrected chi connectivity index (χ3v) is 5.58. The van der Waals surface area contributed by atoms with Gasteiger partial charge in [-0.25, -0.2) is 0 Å². The maximum absolute atomic E-state index is 5.95. The summed E-state index contributed by atoms with van der Waals surface area (Å²) < 4.78 is 0. The van der Waals surface area contributed by atoms with Gasteiger partial charge in [-0.05, 0) is 54.2 Å². The zero-order chi connectivity index (χ0) is 13.9. The van der Waals surface area contributed by atoms with Gasteiger partial charge in [0.1, 0.15) is 0 Å². The number of nitrogens with two attached hydrogens (primary N) is 1. The van der Waals surface area contributed by atoms with Gasteiger partial charge in [-0.3, -0.25) is 11.3 Å².